The molecule has 142 valence electrons. The Morgan fingerprint density at radius 1 is 0.852 bits per heavy atom. The van der Waals surface area contributed by atoms with Gasteiger partial charge in [0.15, 0.2) is 0 Å². The number of halogens is 1. The number of anilines is 2. The largest absolute Gasteiger partial charge is 0.356 e. The van der Waals surface area contributed by atoms with Crippen LogP contribution in [0, 0.1) is 0 Å². The molecule has 2 aromatic rings. The average molecular weight is 386 g/mol. The predicted molar refractivity (Wildman–Crippen MR) is 108 cm³/mol. The monoisotopic (exact) mass is 385 g/mol. The molecule has 0 aliphatic carbocycles. The quantitative estimate of drug-likeness (QED) is 0.812. The number of nitrogens with zero attached hydrogens (tertiary/aromatic N) is 5. The Morgan fingerprint density at radius 3 is 2.15 bits per heavy atom. The molecule has 1 aromatic carbocycles. The van der Waals surface area contributed by atoms with E-state index in [2.05, 4.69) is 25.8 Å². The van der Waals surface area contributed by atoms with Crippen LogP contribution in [0.5, 0.6) is 0 Å². The van der Waals surface area contributed by atoms with Gasteiger partial charge in [-0.1, -0.05) is 23.7 Å². The molecular weight excluding hydrogens is 362 g/mol. The number of piperazine rings is 1. The Labute approximate surface area is 164 Å². The molecule has 0 bridgehead atoms. The number of carbonyl (C=O) groups excluding carboxylic acids is 1. The lowest BCUT2D eigenvalue weighted by Crippen LogP contribution is -2.49. The van der Waals surface area contributed by atoms with Crippen molar-refractivity contribution < 1.29 is 4.79 Å². The maximum Gasteiger partial charge on any atom is 0.255 e. The lowest BCUT2D eigenvalue weighted by molar-refractivity contribution is 0.0746. The molecule has 4 rings (SSSR count). The summed E-state index contributed by atoms with van der Waals surface area (Å²) in [6.07, 6.45) is 5.40. The Balaban J connectivity index is 1.40. The van der Waals surface area contributed by atoms with E-state index < -0.39 is 0 Å². The Kier molecular flexibility index (Phi) is 5.43. The van der Waals surface area contributed by atoms with Gasteiger partial charge in [0.25, 0.3) is 5.91 Å². The number of carbonyl (C=O) groups is 1. The van der Waals surface area contributed by atoms with E-state index in [0.29, 0.717) is 23.7 Å². The van der Waals surface area contributed by atoms with E-state index in [1.807, 2.05) is 17.0 Å². The molecule has 0 spiro atoms. The van der Waals surface area contributed by atoms with Crippen LogP contribution in [-0.2, 0) is 0 Å². The Morgan fingerprint density at radius 2 is 1.48 bits per heavy atom. The fourth-order valence-electron chi connectivity index (χ4n) is 3.75. The van der Waals surface area contributed by atoms with Crippen molar-refractivity contribution in [1.82, 2.24) is 14.9 Å². The maximum atomic E-state index is 12.7. The van der Waals surface area contributed by atoms with Crippen molar-refractivity contribution in [3.8, 4) is 0 Å². The standard InChI is InChI=1S/C20H24ClN5O/c21-17-7-3-2-6-16(17)20(27)26-12-10-25(11-13-26)19-14-18(22-15-23-19)24-8-4-1-5-9-24/h2-3,6-7,14-15H,1,4-5,8-13H2. The Hall–Kier alpha value is -2.34. The number of amides is 1. The van der Waals surface area contributed by atoms with E-state index in [9.17, 15) is 4.79 Å². The van der Waals surface area contributed by atoms with Crippen LogP contribution >= 0.6 is 11.6 Å². The minimum atomic E-state index is -0.00283. The second kappa shape index (κ2) is 8.13. The summed E-state index contributed by atoms with van der Waals surface area (Å²) in [4.78, 5) is 28.1. The van der Waals surface area contributed by atoms with Crippen LogP contribution in [0.3, 0.4) is 0 Å². The minimum absolute atomic E-state index is 0.00283. The highest BCUT2D eigenvalue weighted by atomic mass is 35.5. The van der Waals surface area contributed by atoms with Crippen molar-refractivity contribution in [3.05, 3.63) is 47.2 Å². The van der Waals surface area contributed by atoms with Gasteiger partial charge in [-0.3, -0.25) is 4.79 Å². The molecule has 7 heteroatoms. The van der Waals surface area contributed by atoms with Gasteiger partial charge in [-0.05, 0) is 31.4 Å². The second-order valence-electron chi connectivity index (χ2n) is 7.04. The summed E-state index contributed by atoms with van der Waals surface area (Å²) in [5.41, 5.74) is 0.571. The summed E-state index contributed by atoms with van der Waals surface area (Å²) < 4.78 is 0. The summed E-state index contributed by atoms with van der Waals surface area (Å²) in [5.74, 6) is 1.95. The topological polar surface area (TPSA) is 52.6 Å². The van der Waals surface area contributed by atoms with Gasteiger partial charge in [-0.25, -0.2) is 9.97 Å². The zero-order valence-corrected chi connectivity index (χ0v) is 16.1. The Bertz CT molecular complexity index is 800. The lowest BCUT2D eigenvalue weighted by atomic mass is 10.1. The fraction of sp³-hybridized carbons (Fsp3) is 0.450. The van der Waals surface area contributed by atoms with Crippen LogP contribution in [0.15, 0.2) is 36.7 Å². The molecule has 0 N–H and O–H groups in total. The molecule has 2 aliphatic rings. The van der Waals surface area contributed by atoms with Gasteiger partial charge in [0, 0.05) is 45.3 Å². The summed E-state index contributed by atoms with van der Waals surface area (Å²) in [7, 11) is 0. The molecule has 6 nitrogen and oxygen atoms in total. The first-order valence-electron chi connectivity index (χ1n) is 9.58. The highest BCUT2D eigenvalue weighted by Gasteiger charge is 2.24. The van der Waals surface area contributed by atoms with Crippen LogP contribution in [0.25, 0.3) is 0 Å². The van der Waals surface area contributed by atoms with Gasteiger partial charge >= 0.3 is 0 Å². The highest BCUT2D eigenvalue weighted by Crippen LogP contribution is 2.23. The maximum absolute atomic E-state index is 12.7. The van der Waals surface area contributed by atoms with Gasteiger partial charge in [0.1, 0.15) is 18.0 Å². The van der Waals surface area contributed by atoms with E-state index in [4.69, 9.17) is 11.6 Å². The van der Waals surface area contributed by atoms with E-state index in [-0.39, 0.29) is 5.91 Å². The first kappa shape index (κ1) is 18.0. The van der Waals surface area contributed by atoms with Crippen LogP contribution in [0.1, 0.15) is 29.6 Å². The molecule has 1 aromatic heterocycles. The summed E-state index contributed by atoms with van der Waals surface area (Å²) in [5, 5.41) is 0.506. The first-order chi connectivity index (χ1) is 13.2. The zero-order valence-electron chi connectivity index (χ0n) is 15.4. The summed E-state index contributed by atoms with van der Waals surface area (Å²) >= 11 is 6.17. The minimum Gasteiger partial charge on any atom is -0.356 e. The third-order valence-corrected chi connectivity index (χ3v) is 5.64. The molecule has 2 saturated heterocycles. The van der Waals surface area contributed by atoms with Gasteiger partial charge in [-0.2, -0.15) is 0 Å². The van der Waals surface area contributed by atoms with E-state index in [0.717, 1.165) is 37.8 Å². The van der Waals surface area contributed by atoms with Crippen molar-refractivity contribution in [3.63, 3.8) is 0 Å². The van der Waals surface area contributed by atoms with Crippen LogP contribution < -0.4 is 9.80 Å². The number of piperidine rings is 1. The second-order valence-corrected chi connectivity index (χ2v) is 7.45. The smallest absolute Gasteiger partial charge is 0.255 e. The molecule has 2 fully saturated rings. The fourth-order valence-corrected chi connectivity index (χ4v) is 3.97. The van der Waals surface area contributed by atoms with Gasteiger partial charge < -0.3 is 14.7 Å². The molecule has 3 heterocycles. The highest BCUT2D eigenvalue weighted by molar-refractivity contribution is 6.33. The number of hydrogen-bond acceptors (Lipinski definition) is 5. The van der Waals surface area contributed by atoms with Crippen LogP contribution in [-0.4, -0.2) is 60.0 Å². The van der Waals surface area contributed by atoms with E-state index >= 15 is 0 Å². The van der Waals surface area contributed by atoms with Gasteiger partial charge in [0.2, 0.25) is 0 Å². The number of rotatable bonds is 3. The predicted octanol–water partition coefficient (Wildman–Crippen LogP) is 3.08. The summed E-state index contributed by atoms with van der Waals surface area (Å²) in [6.45, 7) is 4.96. The number of aromatic nitrogens is 2. The molecule has 27 heavy (non-hydrogen) atoms. The third-order valence-electron chi connectivity index (χ3n) is 5.31. The molecule has 0 saturated carbocycles. The van der Waals surface area contributed by atoms with Crippen molar-refractivity contribution >= 4 is 29.1 Å². The van der Waals surface area contributed by atoms with Crippen molar-refractivity contribution in [2.75, 3.05) is 49.1 Å². The zero-order chi connectivity index (χ0) is 18.6. The van der Waals surface area contributed by atoms with E-state index in [1.54, 1.807) is 18.5 Å². The number of hydrogen-bond donors (Lipinski definition) is 0. The summed E-state index contributed by atoms with van der Waals surface area (Å²) in [6, 6.07) is 9.31. The molecule has 2 aliphatic heterocycles. The normalized spacial score (nSPS) is 17.9. The average Bonchev–Trinajstić information content (AvgIpc) is 2.74. The molecule has 0 atom stereocenters. The van der Waals surface area contributed by atoms with Crippen molar-refractivity contribution in [2.24, 2.45) is 0 Å². The molecule has 1 amide bonds. The van der Waals surface area contributed by atoms with Crippen molar-refractivity contribution in [2.45, 2.75) is 19.3 Å². The third kappa shape index (κ3) is 4.00. The molecule has 0 radical (unpaired) electrons. The SMILES string of the molecule is O=C(c1ccccc1Cl)N1CCN(c2cc(N3CCCCC3)ncn2)CC1. The lowest BCUT2D eigenvalue weighted by Gasteiger charge is -2.36. The van der Waals surface area contributed by atoms with E-state index in [1.165, 1.54) is 19.3 Å². The van der Waals surface area contributed by atoms with Crippen molar-refractivity contribution in [1.29, 1.82) is 0 Å². The van der Waals surface area contributed by atoms with Gasteiger partial charge in [0.05, 0.1) is 10.6 Å². The number of benzene rings is 1. The van der Waals surface area contributed by atoms with Crippen LogP contribution in [0.2, 0.25) is 5.02 Å². The van der Waals surface area contributed by atoms with Gasteiger partial charge in [-0.15, -0.1) is 0 Å². The van der Waals surface area contributed by atoms with Crippen LogP contribution in [0.4, 0.5) is 11.6 Å². The molecule has 0 unspecified atom stereocenters. The molecular formula is C20H24ClN5O. The first-order valence-corrected chi connectivity index (χ1v) is 9.96.